The fourth-order valence-electron chi connectivity index (χ4n) is 0.778. The van der Waals surface area contributed by atoms with Crippen molar-refractivity contribution in [1.29, 1.82) is 0 Å². The summed E-state index contributed by atoms with van der Waals surface area (Å²) in [5, 5.41) is 2.96. The summed E-state index contributed by atoms with van der Waals surface area (Å²) in [7, 11) is 1.64. The summed E-state index contributed by atoms with van der Waals surface area (Å²) in [6, 6.07) is 5.89. The Morgan fingerprint density at radius 1 is 1.62 bits per heavy atom. The lowest BCUT2D eigenvalue weighted by atomic mass is 10.3. The second-order valence-corrected chi connectivity index (χ2v) is 4.38. The second-order valence-electron chi connectivity index (χ2n) is 2.36. The van der Waals surface area contributed by atoms with Crippen LogP contribution < -0.4 is 11.1 Å². The average Bonchev–Trinajstić information content (AvgIpc) is 2.11. The lowest BCUT2D eigenvalue weighted by Gasteiger charge is -2.05. The van der Waals surface area contributed by atoms with E-state index in [9.17, 15) is 0 Å². The quantitative estimate of drug-likeness (QED) is 0.463. The molecular weight excluding hydrogens is 345 g/mol. The predicted molar refractivity (Wildman–Crippen MR) is 68.0 cm³/mol. The minimum Gasteiger partial charge on any atom is -0.370 e. The lowest BCUT2D eigenvalue weighted by molar-refractivity contribution is 1.38. The Balaban J connectivity index is 2.86. The Morgan fingerprint density at radius 3 is 2.85 bits per heavy atom. The summed E-state index contributed by atoms with van der Waals surface area (Å²) in [6.45, 7) is 0. The molecule has 0 heterocycles. The van der Waals surface area contributed by atoms with E-state index in [1.807, 2.05) is 18.2 Å². The molecule has 3 nitrogen and oxygen atoms in total. The number of benzene rings is 1. The van der Waals surface area contributed by atoms with Gasteiger partial charge in [-0.15, -0.1) is 0 Å². The van der Waals surface area contributed by atoms with Crippen molar-refractivity contribution in [2.45, 2.75) is 0 Å². The van der Waals surface area contributed by atoms with E-state index in [0.717, 1.165) is 13.7 Å². The molecule has 0 aliphatic heterocycles. The Morgan fingerprint density at radius 2 is 2.31 bits per heavy atom. The maximum absolute atomic E-state index is 5.52. The number of nitrogens with zero attached hydrogens (tertiary/aromatic N) is 1. The molecule has 1 rings (SSSR count). The molecule has 0 saturated heterocycles. The zero-order valence-electron chi connectivity index (χ0n) is 7.01. The second kappa shape index (κ2) is 4.80. The fraction of sp³-hybridized carbons (Fsp3) is 0.125. The zero-order chi connectivity index (χ0) is 9.84. The smallest absolute Gasteiger partial charge is 0.192 e. The van der Waals surface area contributed by atoms with Crippen LogP contribution in [0.25, 0.3) is 0 Å². The molecule has 1 aromatic carbocycles. The number of guanidine groups is 1. The first-order valence-electron chi connectivity index (χ1n) is 3.58. The van der Waals surface area contributed by atoms with Gasteiger partial charge in [0.25, 0.3) is 0 Å². The highest BCUT2D eigenvalue weighted by molar-refractivity contribution is 14.1. The van der Waals surface area contributed by atoms with Crippen molar-refractivity contribution in [3.8, 4) is 0 Å². The topological polar surface area (TPSA) is 50.4 Å². The van der Waals surface area contributed by atoms with Gasteiger partial charge in [-0.3, -0.25) is 4.99 Å². The number of aliphatic imine (C=N–C) groups is 1. The van der Waals surface area contributed by atoms with Crippen LogP contribution in [0.4, 0.5) is 5.69 Å². The minimum atomic E-state index is 0.415. The van der Waals surface area contributed by atoms with E-state index in [4.69, 9.17) is 5.73 Å². The zero-order valence-corrected chi connectivity index (χ0v) is 10.8. The van der Waals surface area contributed by atoms with Crippen LogP contribution in [0.2, 0.25) is 0 Å². The third-order valence-corrected chi connectivity index (χ3v) is 3.76. The van der Waals surface area contributed by atoms with Crippen molar-refractivity contribution >= 4 is 50.2 Å². The van der Waals surface area contributed by atoms with E-state index in [2.05, 4.69) is 48.8 Å². The molecule has 0 bridgehead atoms. The van der Waals surface area contributed by atoms with E-state index in [1.165, 1.54) is 0 Å². The minimum absolute atomic E-state index is 0.415. The van der Waals surface area contributed by atoms with Crippen molar-refractivity contribution in [3.05, 3.63) is 26.2 Å². The number of halogens is 2. The number of anilines is 1. The van der Waals surface area contributed by atoms with Gasteiger partial charge in [-0.05, 0) is 56.7 Å². The third kappa shape index (κ3) is 3.15. The molecular formula is C8H9BrIN3. The van der Waals surface area contributed by atoms with Gasteiger partial charge in [0.1, 0.15) is 0 Å². The van der Waals surface area contributed by atoms with Crippen LogP contribution >= 0.6 is 38.5 Å². The van der Waals surface area contributed by atoms with Gasteiger partial charge in [-0.1, -0.05) is 0 Å². The third-order valence-electron chi connectivity index (χ3n) is 1.43. The number of hydrogen-bond acceptors (Lipinski definition) is 1. The number of rotatable bonds is 1. The molecule has 0 aliphatic carbocycles. The van der Waals surface area contributed by atoms with Crippen LogP contribution in [0.15, 0.2) is 27.7 Å². The lowest BCUT2D eigenvalue weighted by Crippen LogP contribution is -2.21. The van der Waals surface area contributed by atoms with Crippen molar-refractivity contribution in [1.82, 2.24) is 0 Å². The molecule has 1 aromatic rings. The van der Waals surface area contributed by atoms with Crippen LogP contribution in [-0.4, -0.2) is 13.0 Å². The molecule has 0 unspecified atom stereocenters. The van der Waals surface area contributed by atoms with Crippen LogP contribution in [0.1, 0.15) is 0 Å². The van der Waals surface area contributed by atoms with Crippen molar-refractivity contribution < 1.29 is 0 Å². The standard InChI is InChI=1S/C8H9BrIN3/c1-12-8(11)13-5-2-3-6(9)7(10)4-5/h2-4H,1H3,(H3,11,12,13). The van der Waals surface area contributed by atoms with Gasteiger partial charge in [0.05, 0.1) is 0 Å². The Hall–Kier alpha value is -0.300. The summed E-state index contributed by atoms with van der Waals surface area (Å²) in [6.07, 6.45) is 0. The summed E-state index contributed by atoms with van der Waals surface area (Å²) in [5.74, 6) is 0.415. The van der Waals surface area contributed by atoms with Crippen LogP contribution in [0.3, 0.4) is 0 Å². The van der Waals surface area contributed by atoms with E-state index >= 15 is 0 Å². The van der Waals surface area contributed by atoms with Gasteiger partial charge < -0.3 is 11.1 Å². The van der Waals surface area contributed by atoms with Crippen molar-refractivity contribution in [2.24, 2.45) is 10.7 Å². The Kier molecular flexibility index (Phi) is 3.98. The maximum atomic E-state index is 5.52. The SMILES string of the molecule is CN=C(N)Nc1ccc(Br)c(I)c1. The van der Waals surface area contributed by atoms with Gasteiger partial charge in [0.2, 0.25) is 0 Å². The van der Waals surface area contributed by atoms with E-state index < -0.39 is 0 Å². The van der Waals surface area contributed by atoms with Crippen molar-refractivity contribution in [2.75, 3.05) is 12.4 Å². The van der Waals surface area contributed by atoms with Crippen LogP contribution in [-0.2, 0) is 0 Å². The molecule has 0 saturated carbocycles. The van der Waals surface area contributed by atoms with Crippen LogP contribution in [0, 0.1) is 3.57 Å². The summed E-state index contributed by atoms with van der Waals surface area (Å²) in [4.78, 5) is 3.81. The highest BCUT2D eigenvalue weighted by Gasteiger charge is 1.98. The molecule has 0 aliphatic rings. The molecule has 0 fully saturated rings. The first-order chi connectivity index (χ1) is 6.13. The van der Waals surface area contributed by atoms with Crippen molar-refractivity contribution in [3.63, 3.8) is 0 Å². The average molecular weight is 354 g/mol. The van der Waals surface area contributed by atoms with Crippen LogP contribution in [0.5, 0.6) is 0 Å². The van der Waals surface area contributed by atoms with E-state index in [1.54, 1.807) is 7.05 Å². The van der Waals surface area contributed by atoms with Gasteiger partial charge in [-0.25, -0.2) is 0 Å². The molecule has 3 N–H and O–H groups in total. The summed E-state index contributed by atoms with van der Waals surface area (Å²) >= 11 is 5.66. The van der Waals surface area contributed by atoms with Gasteiger partial charge >= 0.3 is 0 Å². The highest BCUT2D eigenvalue weighted by atomic mass is 127. The van der Waals surface area contributed by atoms with Gasteiger partial charge in [0.15, 0.2) is 5.96 Å². The molecule has 70 valence electrons. The Bertz CT molecular complexity index is 338. The highest BCUT2D eigenvalue weighted by Crippen LogP contribution is 2.22. The maximum Gasteiger partial charge on any atom is 0.192 e. The number of nitrogens with one attached hydrogen (secondary N) is 1. The fourth-order valence-corrected chi connectivity index (χ4v) is 1.54. The first-order valence-corrected chi connectivity index (χ1v) is 5.45. The molecule has 0 atom stereocenters. The Labute approximate surface area is 99.1 Å². The van der Waals surface area contributed by atoms with Gasteiger partial charge in [0, 0.05) is 20.8 Å². The number of nitrogens with two attached hydrogens (primary N) is 1. The molecule has 13 heavy (non-hydrogen) atoms. The van der Waals surface area contributed by atoms with Gasteiger partial charge in [-0.2, -0.15) is 0 Å². The van der Waals surface area contributed by atoms with E-state index in [-0.39, 0.29) is 0 Å². The number of hydrogen-bond donors (Lipinski definition) is 2. The normalized spacial score (nSPS) is 11.5. The molecule has 5 heteroatoms. The largest absolute Gasteiger partial charge is 0.370 e. The predicted octanol–water partition coefficient (Wildman–Crippen LogP) is 2.41. The summed E-state index contributed by atoms with van der Waals surface area (Å²) in [5.41, 5.74) is 6.46. The molecule has 0 spiro atoms. The van der Waals surface area contributed by atoms with E-state index in [0.29, 0.717) is 5.96 Å². The summed E-state index contributed by atoms with van der Waals surface area (Å²) < 4.78 is 2.21. The molecule has 0 radical (unpaired) electrons. The molecule has 0 aromatic heterocycles. The molecule has 0 amide bonds. The first kappa shape index (κ1) is 10.8. The monoisotopic (exact) mass is 353 g/mol.